The maximum absolute atomic E-state index is 13.4. The Bertz CT molecular complexity index is 471. The lowest BCUT2D eigenvalue weighted by Gasteiger charge is -2.08. The van der Waals surface area contributed by atoms with Crippen molar-refractivity contribution < 1.29 is 18.4 Å². The molecule has 6 nitrogen and oxygen atoms in total. The van der Waals surface area contributed by atoms with E-state index in [1.165, 1.54) is 7.05 Å². The van der Waals surface area contributed by atoms with Crippen LogP contribution in [-0.2, 0) is 0 Å². The van der Waals surface area contributed by atoms with E-state index >= 15 is 0 Å². The van der Waals surface area contributed by atoms with E-state index in [0.717, 1.165) is 12.1 Å². The van der Waals surface area contributed by atoms with Crippen LogP contribution in [0.25, 0.3) is 0 Å². The fourth-order valence-corrected chi connectivity index (χ4v) is 1.41. The van der Waals surface area contributed by atoms with Crippen LogP contribution in [-0.4, -0.2) is 32.1 Å². The zero-order chi connectivity index (χ0) is 14.4. The maximum atomic E-state index is 13.4. The van der Waals surface area contributed by atoms with E-state index in [1.807, 2.05) is 0 Å². The van der Waals surface area contributed by atoms with E-state index in [0.29, 0.717) is 0 Å². The molecule has 1 aromatic rings. The Labute approximate surface area is 108 Å². The second-order valence-electron chi connectivity index (χ2n) is 3.61. The van der Waals surface area contributed by atoms with Crippen molar-refractivity contribution in [3.05, 3.63) is 29.3 Å². The molecule has 0 fully saturated rings. The quantitative estimate of drug-likeness (QED) is 0.584. The summed E-state index contributed by atoms with van der Waals surface area (Å²) in [6, 6.07) is 1.13. The maximum Gasteiger partial charge on any atom is 0.312 e. The summed E-state index contributed by atoms with van der Waals surface area (Å²) in [5.41, 5.74) is 4.38. The van der Waals surface area contributed by atoms with Crippen LogP contribution in [0.1, 0.15) is 10.4 Å². The second-order valence-corrected chi connectivity index (χ2v) is 3.61. The van der Waals surface area contributed by atoms with Crippen LogP contribution in [0.2, 0.25) is 0 Å². The van der Waals surface area contributed by atoms with Gasteiger partial charge < -0.3 is 21.7 Å². The highest BCUT2D eigenvalue weighted by Crippen LogP contribution is 2.19. The van der Waals surface area contributed by atoms with Gasteiger partial charge in [0.2, 0.25) is 0 Å². The topological polar surface area (TPSA) is 96.2 Å². The Morgan fingerprint density at radius 2 is 1.68 bits per heavy atom. The normalized spacial score (nSPS) is 9.84. The number of benzene rings is 1. The van der Waals surface area contributed by atoms with Crippen molar-refractivity contribution in [3.8, 4) is 0 Å². The van der Waals surface area contributed by atoms with Crippen LogP contribution in [0.15, 0.2) is 12.1 Å². The number of amides is 3. The molecule has 0 saturated carbocycles. The number of nitrogens with one attached hydrogen (secondary N) is 3. The number of anilines is 1. The Kier molecular flexibility index (Phi) is 5.04. The highest BCUT2D eigenvalue weighted by molar-refractivity contribution is 5.94. The summed E-state index contributed by atoms with van der Waals surface area (Å²) in [6.07, 6.45) is 0. The summed E-state index contributed by atoms with van der Waals surface area (Å²) < 4.78 is 26.8. The third-order valence-corrected chi connectivity index (χ3v) is 2.26. The molecule has 0 aromatic heterocycles. The summed E-state index contributed by atoms with van der Waals surface area (Å²) >= 11 is 0. The lowest BCUT2D eigenvalue weighted by atomic mass is 10.1. The van der Waals surface area contributed by atoms with Crippen molar-refractivity contribution in [2.75, 3.05) is 25.5 Å². The molecule has 1 rings (SSSR count). The van der Waals surface area contributed by atoms with Crippen molar-refractivity contribution in [2.45, 2.75) is 0 Å². The summed E-state index contributed by atoms with van der Waals surface area (Å²) in [7, 11) is 1.37. The van der Waals surface area contributed by atoms with Gasteiger partial charge in [-0.05, 0) is 12.1 Å². The molecule has 0 bridgehead atoms. The molecule has 104 valence electrons. The molecular formula is C11H14F2N4O2. The predicted octanol–water partition coefficient (Wildman–Crippen LogP) is 0.405. The van der Waals surface area contributed by atoms with Gasteiger partial charge in [0, 0.05) is 25.7 Å². The van der Waals surface area contributed by atoms with Crippen LogP contribution in [0.5, 0.6) is 0 Å². The van der Waals surface area contributed by atoms with E-state index in [4.69, 9.17) is 5.73 Å². The first-order valence-electron chi connectivity index (χ1n) is 5.44. The number of rotatable bonds is 5. The number of carbonyl (C=O) groups excluding carboxylic acids is 2. The van der Waals surface area contributed by atoms with E-state index in [-0.39, 0.29) is 24.3 Å². The molecule has 0 radical (unpaired) electrons. The highest BCUT2D eigenvalue weighted by Gasteiger charge is 2.13. The molecule has 0 atom stereocenters. The van der Waals surface area contributed by atoms with Gasteiger partial charge in [-0.3, -0.25) is 4.79 Å². The molecule has 0 unspecified atom stereocenters. The van der Waals surface area contributed by atoms with Crippen molar-refractivity contribution in [3.63, 3.8) is 0 Å². The standard InChI is InChI=1S/C11H14F2N4O2/c1-15-9-7(12)4-6(5-8(9)13)10(18)16-2-3-17-11(14)19/h4-5,15H,2-3H2,1H3,(H,16,18)(H3,14,17,19). The third kappa shape index (κ3) is 4.09. The number of carbonyl (C=O) groups is 2. The number of hydrogen-bond donors (Lipinski definition) is 4. The van der Waals surface area contributed by atoms with Crippen molar-refractivity contribution in [2.24, 2.45) is 5.73 Å². The van der Waals surface area contributed by atoms with Gasteiger partial charge in [0.15, 0.2) is 0 Å². The summed E-state index contributed by atoms with van der Waals surface area (Å²) in [5, 5.41) is 6.99. The summed E-state index contributed by atoms with van der Waals surface area (Å²) in [6.45, 7) is 0.222. The SMILES string of the molecule is CNc1c(F)cc(C(=O)NCCNC(N)=O)cc1F. The van der Waals surface area contributed by atoms with Gasteiger partial charge in [-0.1, -0.05) is 0 Å². The highest BCUT2D eigenvalue weighted by atomic mass is 19.1. The van der Waals surface area contributed by atoms with Crippen molar-refractivity contribution in [1.82, 2.24) is 10.6 Å². The number of halogens is 2. The molecule has 1 aromatic carbocycles. The van der Waals surface area contributed by atoms with Crippen LogP contribution in [0.3, 0.4) is 0 Å². The van der Waals surface area contributed by atoms with Gasteiger partial charge in [-0.15, -0.1) is 0 Å². The first kappa shape index (κ1) is 14.7. The van der Waals surface area contributed by atoms with E-state index in [9.17, 15) is 18.4 Å². The number of urea groups is 1. The molecule has 0 spiro atoms. The van der Waals surface area contributed by atoms with Crippen LogP contribution < -0.4 is 21.7 Å². The Morgan fingerprint density at radius 1 is 1.16 bits per heavy atom. The van der Waals surface area contributed by atoms with Gasteiger partial charge in [-0.2, -0.15) is 0 Å². The molecule has 0 saturated heterocycles. The van der Waals surface area contributed by atoms with Gasteiger partial charge in [-0.25, -0.2) is 13.6 Å². The Balaban J connectivity index is 2.65. The van der Waals surface area contributed by atoms with Crippen molar-refractivity contribution >= 4 is 17.6 Å². The molecule has 8 heteroatoms. The summed E-state index contributed by atoms with van der Waals surface area (Å²) in [4.78, 5) is 22.0. The molecule has 5 N–H and O–H groups in total. The summed E-state index contributed by atoms with van der Waals surface area (Å²) in [5.74, 6) is -2.36. The van der Waals surface area contributed by atoms with E-state index < -0.39 is 23.6 Å². The largest absolute Gasteiger partial charge is 0.383 e. The number of primary amides is 1. The molecule has 0 aliphatic carbocycles. The molecule has 0 aliphatic heterocycles. The van der Waals surface area contributed by atoms with Gasteiger partial charge in [0.25, 0.3) is 5.91 Å². The molecule has 0 aliphatic rings. The fourth-order valence-electron chi connectivity index (χ4n) is 1.41. The second kappa shape index (κ2) is 6.53. The number of hydrogen-bond acceptors (Lipinski definition) is 3. The minimum atomic E-state index is -0.858. The lowest BCUT2D eigenvalue weighted by molar-refractivity contribution is 0.0953. The monoisotopic (exact) mass is 272 g/mol. The fraction of sp³-hybridized carbons (Fsp3) is 0.273. The minimum Gasteiger partial charge on any atom is -0.383 e. The lowest BCUT2D eigenvalue weighted by Crippen LogP contribution is -2.37. The third-order valence-electron chi connectivity index (χ3n) is 2.26. The average Bonchev–Trinajstić information content (AvgIpc) is 2.33. The smallest absolute Gasteiger partial charge is 0.312 e. The minimum absolute atomic E-state index is 0.0960. The van der Waals surface area contributed by atoms with Gasteiger partial charge >= 0.3 is 6.03 Å². The average molecular weight is 272 g/mol. The Morgan fingerprint density at radius 3 is 2.16 bits per heavy atom. The Hall–Kier alpha value is -2.38. The van der Waals surface area contributed by atoms with Gasteiger partial charge in [0.05, 0.1) is 0 Å². The van der Waals surface area contributed by atoms with Gasteiger partial charge in [0.1, 0.15) is 17.3 Å². The zero-order valence-electron chi connectivity index (χ0n) is 10.2. The molecule has 19 heavy (non-hydrogen) atoms. The predicted molar refractivity (Wildman–Crippen MR) is 65.8 cm³/mol. The van der Waals surface area contributed by atoms with Crippen LogP contribution in [0, 0.1) is 11.6 Å². The first-order chi connectivity index (χ1) is 8.95. The first-order valence-corrected chi connectivity index (χ1v) is 5.44. The van der Waals surface area contributed by atoms with Crippen LogP contribution in [0.4, 0.5) is 19.3 Å². The number of nitrogens with two attached hydrogens (primary N) is 1. The van der Waals surface area contributed by atoms with Crippen LogP contribution >= 0.6 is 0 Å². The van der Waals surface area contributed by atoms with Crippen molar-refractivity contribution in [1.29, 1.82) is 0 Å². The van der Waals surface area contributed by atoms with E-state index in [1.54, 1.807) is 0 Å². The molecular weight excluding hydrogens is 258 g/mol. The molecule has 3 amide bonds. The zero-order valence-corrected chi connectivity index (χ0v) is 10.2. The van der Waals surface area contributed by atoms with E-state index in [2.05, 4.69) is 16.0 Å². The molecule has 0 heterocycles.